The summed E-state index contributed by atoms with van der Waals surface area (Å²) in [6.07, 6.45) is 0. The van der Waals surface area contributed by atoms with Gasteiger partial charge in [-0.3, -0.25) is 0 Å². The summed E-state index contributed by atoms with van der Waals surface area (Å²) in [6, 6.07) is 6.90. The largest absolute Gasteiger partial charge is 0.457 e. The first-order valence-electron chi connectivity index (χ1n) is 8.28. The quantitative estimate of drug-likeness (QED) is 0.680. The number of rotatable bonds is 5. The highest BCUT2D eigenvalue weighted by atomic mass is 35.5. The smallest absolute Gasteiger partial charge is 0.338 e. The second kappa shape index (κ2) is 8.52. The van der Waals surface area contributed by atoms with Crippen molar-refractivity contribution in [1.29, 1.82) is 0 Å². The van der Waals surface area contributed by atoms with E-state index in [1.54, 1.807) is 0 Å². The predicted octanol–water partition coefficient (Wildman–Crippen LogP) is 3.00. The van der Waals surface area contributed by atoms with Crippen molar-refractivity contribution in [3.05, 3.63) is 64.2 Å². The number of hydrogen-bond donors (Lipinski definition) is 0. The van der Waals surface area contributed by atoms with Crippen LogP contribution in [0.4, 0.5) is 8.78 Å². The fraction of sp³-hybridized carbons (Fsp3) is 0.278. The SMILES string of the molecule is O=C(OCc1c(F)cccc1Cl)c1ccc(F)c(S(=O)(=O)N2CCOCC2)c1. The first-order valence-corrected chi connectivity index (χ1v) is 10.1. The molecule has 2 aromatic rings. The molecule has 1 aliphatic rings. The predicted molar refractivity (Wildman–Crippen MR) is 96.5 cm³/mol. The van der Waals surface area contributed by atoms with Crippen LogP contribution in [0, 0.1) is 11.6 Å². The Bertz CT molecular complexity index is 973. The Morgan fingerprint density at radius 3 is 2.54 bits per heavy atom. The summed E-state index contributed by atoms with van der Waals surface area (Å²) >= 11 is 5.87. The lowest BCUT2D eigenvalue weighted by Gasteiger charge is -2.26. The average molecular weight is 432 g/mol. The highest BCUT2D eigenvalue weighted by Crippen LogP contribution is 2.23. The minimum absolute atomic E-state index is 0.0132. The number of halogens is 3. The molecular weight excluding hydrogens is 416 g/mol. The van der Waals surface area contributed by atoms with Crippen molar-refractivity contribution in [3.8, 4) is 0 Å². The van der Waals surface area contributed by atoms with Gasteiger partial charge < -0.3 is 9.47 Å². The Morgan fingerprint density at radius 1 is 1.14 bits per heavy atom. The molecule has 0 atom stereocenters. The van der Waals surface area contributed by atoms with Gasteiger partial charge in [0, 0.05) is 18.7 Å². The molecule has 0 N–H and O–H groups in total. The van der Waals surface area contributed by atoms with E-state index in [-0.39, 0.29) is 42.5 Å². The van der Waals surface area contributed by atoms with Crippen LogP contribution in [0.2, 0.25) is 5.02 Å². The van der Waals surface area contributed by atoms with Crippen molar-refractivity contribution in [2.24, 2.45) is 0 Å². The highest BCUT2D eigenvalue weighted by molar-refractivity contribution is 7.89. The summed E-state index contributed by atoms with van der Waals surface area (Å²) in [5, 5.41) is 0.0856. The maximum atomic E-state index is 14.2. The summed E-state index contributed by atoms with van der Waals surface area (Å²) in [6.45, 7) is 0.121. The van der Waals surface area contributed by atoms with Crippen LogP contribution >= 0.6 is 11.6 Å². The lowest BCUT2D eigenvalue weighted by Crippen LogP contribution is -2.41. The van der Waals surface area contributed by atoms with Gasteiger partial charge in [-0.05, 0) is 30.3 Å². The molecule has 1 heterocycles. The number of carbonyl (C=O) groups is 1. The zero-order chi connectivity index (χ0) is 20.3. The average Bonchev–Trinajstić information content (AvgIpc) is 2.68. The van der Waals surface area contributed by atoms with Crippen LogP contribution in [0.1, 0.15) is 15.9 Å². The van der Waals surface area contributed by atoms with E-state index in [2.05, 4.69) is 0 Å². The molecule has 1 fully saturated rings. The third-order valence-electron chi connectivity index (χ3n) is 4.16. The van der Waals surface area contributed by atoms with Crippen LogP contribution in [0.25, 0.3) is 0 Å². The van der Waals surface area contributed by atoms with Gasteiger partial charge in [-0.15, -0.1) is 0 Å². The standard InChI is InChI=1S/C18H16ClF2NO5S/c19-14-2-1-3-15(20)13(14)11-27-18(23)12-4-5-16(21)17(10-12)28(24,25)22-6-8-26-9-7-22/h1-5,10H,6-9,11H2. The molecule has 10 heteroatoms. The Kier molecular flexibility index (Phi) is 6.29. The summed E-state index contributed by atoms with van der Waals surface area (Å²) < 4.78 is 64.5. The molecule has 0 spiro atoms. The van der Waals surface area contributed by atoms with E-state index in [0.29, 0.717) is 0 Å². The second-order valence-corrected chi connectivity index (χ2v) is 8.25. The molecule has 0 unspecified atom stereocenters. The van der Waals surface area contributed by atoms with Crippen molar-refractivity contribution < 1.29 is 31.5 Å². The van der Waals surface area contributed by atoms with Gasteiger partial charge in [0.1, 0.15) is 23.1 Å². The molecule has 2 aromatic carbocycles. The highest BCUT2D eigenvalue weighted by Gasteiger charge is 2.30. The Morgan fingerprint density at radius 2 is 1.86 bits per heavy atom. The number of sulfonamides is 1. The van der Waals surface area contributed by atoms with Gasteiger partial charge in [-0.2, -0.15) is 4.31 Å². The summed E-state index contributed by atoms with van der Waals surface area (Å²) in [5.74, 6) is -2.56. The molecular formula is C18H16ClF2NO5S. The van der Waals surface area contributed by atoms with Crippen molar-refractivity contribution >= 4 is 27.6 Å². The van der Waals surface area contributed by atoms with Gasteiger partial charge >= 0.3 is 5.97 Å². The number of carbonyl (C=O) groups excluding carboxylic acids is 1. The van der Waals surface area contributed by atoms with E-state index in [1.165, 1.54) is 18.2 Å². The van der Waals surface area contributed by atoms with E-state index in [0.717, 1.165) is 22.5 Å². The molecule has 0 radical (unpaired) electrons. The van der Waals surface area contributed by atoms with Crippen LogP contribution in [-0.2, 0) is 26.1 Å². The van der Waals surface area contributed by atoms with Crippen LogP contribution in [0.15, 0.2) is 41.3 Å². The fourth-order valence-corrected chi connectivity index (χ4v) is 4.36. The molecule has 150 valence electrons. The van der Waals surface area contributed by atoms with Crippen LogP contribution in [0.3, 0.4) is 0 Å². The van der Waals surface area contributed by atoms with Crippen molar-refractivity contribution in [3.63, 3.8) is 0 Å². The summed E-state index contributed by atoms with van der Waals surface area (Å²) in [7, 11) is -4.14. The molecule has 6 nitrogen and oxygen atoms in total. The van der Waals surface area contributed by atoms with Gasteiger partial charge in [0.2, 0.25) is 10.0 Å². The van der Waals surface area contributed by atoms with E-state index >= 15 is 0 Å². The van der Waals surface area contributed by atoms with Crippen molar-refractivity contribution in [2.45, 2.75) is 11.5 Å². The van der Waals surface area contributed by atoms with Gasteiger partial charge in [0.05, 0.1) is 23.8 Å². The molecule has 3 rings (SSSR count). The number of morpholine rings is 1. The number of nitrogens with zero attached hydrogens (tertiary/aromatic N) is 1. The number of ether oxygens (including phenoxy) is 2. The van der Waals surface area contributed by atoms with Gasteiger partial charge in [0.15, 0.2) is 0 Å². The fourth-order valence-electron chi connectivity index (χ4n) is 2.65. The molecule has 1 aliphatic heterocycles. The lowest BCUT2D eigenvalue weighted by molar-refractivity contribution is 0.0468. The van der Waals surface area contributed by atoms with Gasteiger partial charge in [-0.25, -0.2) is 22.0 Å². The molecule has 0 bridgehead atoms. The molecule has 0 aromatic heterocycles. The maximum absolute atomic E-state index is 14.2. The Labute approximate surface area is 165 Å². The molecule has 0 aliphatic carbocycles. The van der Waals surface area contributed by atoms with Crippen molar-refractivity contribution in [2.75, 3.05) is 26.3 Å². The van der Waals surface area contributed by atoms with Gasteiger partial charge in [0.25, 0.3) is 0 Å². The van der Waals surface area contributed by atoms with Crippen LogP contribution < -0.4 is 0 Å². The normalized spacial score (nSPS) is 15.4. The maximum Gasteiger partial charge on any atom is 0.338 e. The van der Waals surface area contributed by atoms with E-state index < -0.39 is 39.1 Å². The van der Waals surface area contributed by atoms with Crippen molar-refractivity contribution in [1.82, 2.24) is 4.31 Å². The molecule has 0 saturated carbocycles. The first kappa shape index (κ1) is 20.7. The van der Waals surface area contributed by atoms with E-state index in [9.17, 15) is 22.0 Å². The zero-order valence-electron chi connectivity index (χ0n) is 14.5. The second-order valence-electron chi connectivity index (χ2n) is 5.94. The summed E-state index contributed by atoms with van der Waals surface area (Å²) in [4.78, 5) is 11.6. The minimum atomic E-state index is -4.14. The zero-order valence-corrected chi connectivity index (χ0v) is 16.1. The Hall–Kier alpha value is -2.07. The molecule has 28 heavy (non-hydrogen) atoms. The lowest BCUT2D eigenvalue weighted by atomic mass is 10.2. The van der Waals surface area contributed by atoms with E-state index in [1.807, 2.05) is 0 Å². The minimum Gasteiger partial charge on any atom is -0.457 e. The third kappa shape index (κ3) is 4.33. The third-order valence-corrected chi connectivity index (χ3v) is 6.43. The van der Waals surface area contributed by atoms with E-state index in [4.69, 9.17) is 21.1 Å². The monoisotopic (exact) mass is 431 g/mol. The molecule has 1 saturated heterocycles. The molecule has 0 amide bonds. The first-order chi connectivity index (χ1) is 13.3. The summed E-state index contributed by atoms with van der Waals surface area (Å²) in [5.41, 5.74) is -0.193. The number of hydrogen-bond acceptors (Lipinski definition) is 5. The topological polar surface area (TPSA) is 72.9 Å². The number of benzene rings is 2. The Balaban J connectivity index is 1.81. The van der Waals surface area contributed by atoms with Crippen LogP contribution in [0.5, 0.6) is 0 Å². The number of esters is 1. The van der Waals surface area contributed by atoms with Gasteiger partial charge in [-0.1, -0.05) is 17.7 Å². The van der Waals surface area contributed by atoms with Crippen LogP contribution in [-0.4, -0.2) is 45.0 Å².